The molecule has 0 fully saturated rings. The number of aromatic nitrogens is 4. The van der Waals surface area contributed by atoms with E-state index in [0.717, 1.165) is 65.0 Å². The van der Waals surface area contributed by atoms with E-state index in [4.69, 9.17) is 9.72 Å². The van der Waals surface area contributed by atoms with E-state index in [9.17, 15) is 9.90 Å². The van der Waals surface area contributed by atoms with Gasteiger partial charge in [-0.25, -0.2) is 18.7 Å². The summed E-state index contributed by atoms with van der Waals surface area (Å²) in [6.45, 7) is 2.16. The van der Waals surface area contributed by atoms with Gasteiger partial charge in [0.15, 0.2) is 17.0 Å². The molecule has 7 rings (SSSR count). The van der Waals surface area contributed by atoms with Crippen molar-refractivity contribution < 1.29 is 23.4 Å². The van der Waals surface area contributed by atoms with Gasteiger partial charge in [0.2, 0.25) is 0 Å². The van der Waals surface area contributed by atoms with Crippen LogP contribution in [0.4, 0.5) is 8.78 Å². The van der Waals surface area contributed by atoms with Gasteiger partial charge < -0.3 is 19.8 Å². The molecule has 2 aromatic carbocycles. The van der Waals surface area contributed by atoms with Gasteiger partial charge in [0, 0.05) is 76.3 Å². The van der Waals surface area contributed by atoms with Crippen molar-refractivity contribution in [2.45, 2.75) is 75.5 Å². The van der Waals surface area contributed by atoms with Crippen LogP contribution in [-0.2, 0) is 29.5 Å². The molecular formula is C37H37F2N4O3PS. The number of fused-ring (bicyclic) bond motifs is 9. The van der Waals surface area contributed by atoms with Crippen molar-refractivity contribution in [2.75, 3.05) is 0 Å². The summed E-state index contributed by atoms with van der Waals surface area (Å²) in [4.78, 5) is 27.4. The minimum absolute atomic E-state index is 0.00342. The second kappa shape index (κ2) is 13.1. The molecule has 5 aromatic rings. The quantitative estimate of drug-likeness (QED) is 0.164. The first-order valence-corrected chi connectivity index (χ1v) is 17.7. The predicted octanol–water partition coefficient (Wildman–Crippen LogP) is 8.81. The van der Waals surface area contributed by atoms with Crippen molar-refractivity contribution in [3.05, 3.63) is 117 Å². The third-order valence-corrected chi connectivity index (χ3v) is 11.1. The summed E-state index contributed by atoms with van der Waals surface area (Å²) < 4.78 is 38.2. The monoisotopic (exact) mass is 686 g/mol. The maximum absolute atomic E-state index is 16.2. The first kappa shape index (κ1) is 32.4. The average Bonchev–Trinajstić information content (AvgIpc) is 3.84. The zero-order chi connectivity index (χ0) is 33.5. The highest BCUT2D eigenvalue weighted by Gasteiger charge is 2.37. The van der Waals surface area contributed by atoms with E-state index in [0.29, 0.717) is 41.1 Å². The van der Waals surface area contributed by atoms with Crippen LogP contribution in [0.1, 0.15) is 84.4 Å². The van der Waals surface area contributed by atoms with Crippen LogP contribution in [0.15, 0.2) is 72.1 Å². The van der Waals surface area contributed by atoms with E-state index in [1.165, 1.54) is 6.07 Å². The van der Waals surface area contributed by atoms with Gasteiger partial charge in [-0.05, 0) is 62.0 Å². The number of ether oxygens (including phenoxy) is 1. The predicted molar refractivity (Wildman–Crippen MR) is 188 cm³/mol. The van der Waals surface area contributed by atoms with Gasteiger partial charge >= 0.3 is 5.97 Å². The molecule has 248 valence electrons. The summed E-state index contributed by atoms with van der Waals surface area (Å²) >= 11 is 1.62. The molecule has 3 unspecified atom stereocenters. The number of aryl methyl sites for hydroxylation is 2. The fourth-order valence-electron chi connectivity index (χ4n) is 6.80. The van der Waals surface area contributed by atoms with E-state index < -0.39 is 22.6 Å². The van der Waals surface area contributed by atoms with E-state index >= 15 is 8.78 Å². The third-order valence-electron chi connectivity index (χ3n) is 9.56. The van der Waals surface area contributed by atoms with E-state index in [-0.39, 0.29) is 18.6 Å². The summed E-state index contributed by atoms with van der Waals surface area (Å²) in [5, 5.41) is 11.4. The Morgan fingerprint density at radius 2 is 2.08 bits per heavy atom. The van der Waals surface area contributed by atoms with Gasteiger partial charge in [0.05, 0.1) is 10.7 Å². The number of hydrogen-bond acceptors (Lipinski definition) is 5. The topological polar surface area (TPSA) is 104 Å². The van der Waals surface area contributed by atoms with Crippen LogP contribution in [0.3, 0.4) is 0 Å². The fraction of sp³-hybridized carbons (Fsp3) is 0.324. The Hall–Kier alpha value is -4.14. The number of nitrogens with zero attached hydrogens (tertiary/aromatic N) is 2. The van der Waals surface area contributed by atoms with Crippen molar-refractivity contribution in [1.29, 1.82) is 0 Å². The van der Waals surface area contributed by atoms with E-state index in [1.54, 1.807) is 35.9 Å². The number of carboxylic acid groups (broad SMARTS) is 1. The molecule has 0 saturated heterocycles. The Morgan fingerprint density at radius 1 is 1.21 bits per heavy atom. The number of carbonyl (C=O) groups is 1. The Labute approximate surface area is 283 Å². The van der Waals surface area contributed by atoms with Crippen molar-refractivity contribution in [2.24, 2.45) is 0 Å². The molecule has 0 amide bonds. The number of aliphatic carboxylic acids is 1. The maximum atomic E-state index is 16.2. The highest BCUT2D eigenvalue weighted by molar-refractivity contribution is 7.19. The molecule has 11 heteroatoms. The number of carboxylic acids is 1. The van der Waals surface area contributed by atoms with E-state index in [2.05, 4.69) is 43.2 Å². The number of nitrogens with one attached hydrogen (secondary N) is 2. The van der Waals surface area contributed by atoms with Crippen molar-refractivity contribution >= 4 is 43.0 Å². The number of allylic oxidation sites excluding steroid dienone is 3. The van der Waals surface area contributed by atoms with Gasteiger partial charge in [-0.1, -0.05) is 46.3 Å². The Morgan fingerprint density at radius 3 is 2.94 bits per heavy atom. The highest BCUT2D eigenvalue weighted by atomic mass is 32.1. The lowest BCUT2D eigenvalue weighted by Gasteiger charge is -2.30. The molecule has 6 bridgehead atoms. The highest BCUT2D eigenvalue weighted by Crippen LogP contribution is 2.45. The summed E-state index contributed by atoms with van der Waals surface area (Å²) in [7, 11) is 2.30. The van der Waals surface area contributed by atoms with Crippen LogP contribution in [0.5, 0.6) is 5.75 Å². The zero-order valence-corrected chi connectivity index (χ0v) is 28.6. The first-order valence-electron chi connectivity index (χ1n) is 16.3. The molecule has 7 nitrogen and oxygen atoms in total. The number of benzene rings is 2. The molecule has 0 spiro atoms. The Balaban J connectivity index is 1.31. The van der Waals surface area contributed by atoms with Gasteiger partial charge in [-0.3, -0.25) is 4.79 Å². The number of thiazole rings is 1. The summed E-state index contributed by atoms with van der Waals surface area (Å²) in [5.74, 6) is -0.541. The molecule has 3 N–H and O–H groups in total. The Bertz CT molecular complexity index is 2060. The third kappa shape index (κ3) is 6.48. The van der Waals surface area contributed by atoms with Crippen LogP contribution >= 0.6 is 20.6 Å². The average molecular weight is 687 g/mol. The molecule has 48 heavy (non-hydrogen) atoms. The number of halogens is 2. The second-order valence-electron chi connectivity index (χ2n) is 13.0. The number of rotatable bonds is 4. The SMILES string of the molecule is CC1(c2cccc(CCC(=O)O)c2)CCCCCc2nc(cs2)Cc2c(c(F)cc3[nH]ccc23)OC2=CCC(F)(P)C(=C2)c2ncc1[nH]2. The standard InChI is InChI=1S/C37H37F2N4O3PS/c1-36(23-7-5-6-22(16-23)9-10-33(44)45)13-4-2-3-8-32-42-24(21-48-32)17-27-26-12-15-40-30(26)19-29(38)34(27)46-25-11-14-37(39,47)28(18-25)35-41-20-31(36)43-35/h5-7,11-12,15-16,18-21,40H,2-4,8-10,13-14,17,47H2,1H3,(H,41,43)(H,44,45). The number of aromatic amines is 2. The summed E-state index contributed by atoms with van der Waals surface area (Å²) in [6.07, 6.45) is 12.2. The zero-order valence-electron chi connectivity index (χ0n) is 26.6. The van der Waals surface area contributed by atoms with Crippen LogP contribution in [-0.4, -0.2) is 36.4 Å². The van der Waals surface area contributed by atoms with Crippen molar-refractivity contribution in [1.82, 2.24) is 19.9 Å². The second-order valence-corrected chi connectivity index (χ2v) is 14.8. The summed E-state index contributed by atoms with van der Waals surface area (Å²) in [5.41, 5.74) is 4.82. The van der Waals surface area contributed by atoms with E-state index in [1.807, 2.05) is 23.6 Å². The molecule has 4 heterocycles. The molecule has 3 atom stereocenters. The van der Waals surface area contributed by atoms with Gasteiger partial charge in [-0.2, -0.15) is 0 Å². The molecule has 2 aliphatic rings. The van der Waals surface area contributed by atoms with Gasteiger partial charge in [0.25, 0.3) is 0 Å². The molecule has 1 aliphatic carbocycles. The number of imidazole rings is 1. The number of H-pyrrole nitrogens is 2. The molecule has 0 radical (unpaired) electrons. The molecule has 3 aromatic heterocycles. The molecule has 1 aliphatic heterocycles. The van der Waals surface area contributed by atoms with Crippen LogP contribution in [0, 0.1) is 5.82 Å². The van der Waals surface area contributed by atoms with Crippen molar-refractivity contribution in [3.8, 4) is 5.75 Å². The lowest BCUT2D eigenvalue weighted by molar-refractivity contribution is -0.136. The van der Waals surface area contributed by atoms with Crippen LogP contribution in [0.25, 0.3) is 16.5 Å². The van der Waals surface area contributed by atoms with Gasteiger partial charge in [-0.15, -0.1) is 11.3 Å². The lowest BCUT2D eigenvalue weighted by atomic mass is 9.75. The minimum Gasteiger partial charge on any atom is -0.481 e. The first-order chi connectivity index (χ1) is 23.1. The van der Waals surface area contributed by atoms with Crippen LogP contribution < -0.4 is 4.74 Å². The largest absolute Gasteiger partial charge is 0.481 e. The normalized spacial score (nSPS) is 21.7. The maximum Gasteiger partial charge on any atom is 0.303 e. The smallest absolute Gasteiger partial charge is 0.303 e. The number of alkyl halides is 1. The molecular weight excluding hydrogens is 649 g/mol. The van der Waals surface area contributed by atoms with Crippen LogP contribution in [0.2, 0.25) is 0 Å². The summed E-state index contributed by atoms with van der Waals surface area (Å²) in [6, 6.07) is 11.4. The number of hydrogen-bond donors (Lipinski definition) is 3. The minimum atomic E-state index is -1.82. The van der Waals surface area contributed by atoms with Crippen molar-refractivity contribution in [3.63, 3.8) is 0 Å². The fourth-order valence-corrected chi connectivity index (χ4v) is 7.97. The van der Waals surface area contributed by atoms with Gasteiger partial charge in [0.1, 0.15) is 11.6 Å². The Kier molecular flexibility index (Phi) is 8.81. The lowest BCUT2D eigenvalue weighted by Crippen LogP contribution is -2.25. The molecule has 0 saturated carbocycles.